The van der Waals surface area contributed by atoms with Crippen LogP contribution in [0.25, 0.3) is 22.2 Å². The summed E-state index contributed by atoms with van der Waals surface area (Å²) in [6.07, 6.45) is 0.579. The smallest absolute Gasteiger partial charge is 0.225 e. The summed E-state index contributed by atoms with van der Waals surface area (Å²) in [6.45, 7) is 4.71. The maximum Gasteiger partial charge on any atom is 0.225 e. The standard InChI is InChI=1S/C21H21ClN6O/c1-11(2)21(29)28-8-7-15-13(10-28)17(12(9-23)20(24)25-15)19-18-14(22)5-4-6-16(18)27(3)26-19/h4-6,11H,7-8,10H2,1-3H3,(H2,24,25). The number of fused-ring (bicyclic) bond motifs is 2. The second-order valence-electron chi connectivity index (χ2n) is 7.55. The van der Waals surface area contributed by atoms with Crippen molar-refractivity contribution in [2.24, 2.45) is 13.0 Å². The number of nitrogen functional groups attached to an aromatic ring is 1. The first-order chi connectivity index (χ1) is 13.8. The van der Waals surface area contributed by atoms with Gasteiger partial charge in [-0.1, -0.05) is 31.5 Å². The second kappa shape index (κ2) is 7.05. The molecule has 0 unspecified atom stereocenters. The predicted octanol–water partition coefficient (Wildman–Crippen LogP) is 3.28. The average Bonchev–Trinajstić information content (AvgIpc) is 3.03. The summed E-state index contributed by atoms with van der Waals surface area (Å²) in [5, 5.41) is 15.8. The van der Waals surface area contributed by atoms with Crippen LogP contribution in [0.4, 0.5) is 5.82 Å². The van der Waals surface area contributed by atoms with Gasteiger partial charge >= 0.3 is 0 Å². The largest absolute Gasteiger partial charge is 0.383 e. The van der Waals surface area contributed by atoms with E-state index in [0.29, 0.717) is 35.8 Å². The Kier molecular flexibility index (Phi) is 4.67. The van der Waals surface area contributed by atoms with E-state index in [0.717, 1.165) is 22.2 Å². The van der Waals surface area contributed by atoms with Crippen molar-refractivity contribution in [3.8, 4) is 17.3 Å². The Bertz CT molecular complexity index is 1190. The SMILES string of the molecule is CC(C)C(=O)N1CCc2nc(N)c(C#N)c(-c3nn(C)c4cccc(Cl)c34)c2C1. The molecular weight excluding hydrogens is 388 g/mol. The summed E-state index contributed by atoms with van der Waals surface area (Å²) in [7, 11) is 1.83. The van der Waals surface area contributed by atoms with Crippen molar-refractivity contribution in [3.05, 3.63) is 40.0 Å². The van der Waals surface area contributed by atoms with Crippen LogP contribution in [0.15, 0.2) is 18.2 Å². The van der Waals surface area contributed by atoms with Crippen molar-refractivity contribution in [1.29, 1.82) is 5.26 Å². The fourth-order valence-electron chi connectivity index (χ4n) is 3.95. The number of rotatable bonds is 2. The molecule has 2 N–H and O–H groups in total. The van der Waals surface area contributed by atoms with E-state index >= 15 is 0 Å². The molecule has 0 bridgehead atoms. The average molecular weight is 409 g/mol. The van der Waals surface area contributed by atoms with Crippen molar-refractivity contribution in [2.45, 2.75) is 26.8 Å². The van der Waals surface area contributed by atoms with Crippen molar-refractivity contribution in [1.82, 2.24) is 19.7 Å². The lowest BCUT2D eigenvalue weighted by molar-refractivity contribution is -0.135. The number of aromatic nitrogens is 3. The van der Waals surface area contributed by atoms with Crippen molar-refractivity contribution in [3.63, 3.8) is 0 Å². The highest BCUT2D eigenvalue weighted by Crippen LogP contribution is 2.40. The highest BCUT2D eigenvalue weighted by molar-refractivity contribution is 6.36. The molecule has 0 saturated carbocycles. The molecule has 1 aliphatic heterocycles. The normalized spacial score (nSPS) is 13.6. The molecule has 3 aromatic rings. The van der Waals surface area contributed by atoms with Crippen molar-refractivity contribution < 1.29 is 4.79 Å². The number of nitrogens with zero attached hydrogens (tertiary/aromatic N) is 5. The lowest BCUT2D eigenvalue weighted by atomic mass is 9.92. The zero-order valence-electron chi connectivity index (χ0n) is 16.5. The lowest BCUT2D eigenvalue weighted by Crippen LogP contribution is -2.39. The van der Waals surface area contributed by atoms with Crippen LogP contribution in [0, 0.1) is 17.2 Å². The van der Waals surface area contributed by atoms with E-state index in [1.165, 1.54) is 0 Å². The molecule has 0 fully saturated rings. The quantitative estimate of drug-likeness (QED) is 0.701. The fourth-order valence-corrected chi connectivity index (χ4v) is 4.21. The van der Waals surface area contributed by atoms with E-state index in [2.05, 4.69) is 16.2 Å². The van der Waals surface area contributed by atoms with Gasteiger partial charge in [0.1, 0.15) is 23.1 Å². The molecule has 2 aromatic heterocycles. The molecule has 0 saturated heterocycles. The van der Waals surface area contributed by atoms with Gasteiger partial charge in [0.2, 0.25) is 5.91 Å². The third-order valence-electron chi connectivity index (χ3n) is 5.36. The molecule has 0 spiro atoms. The summed E-state index contributed by atoms with van der Waals surface area (Å²) in [6, 6.07) is 7.78. The van der Waals surface area contributed by atoms with Crippen molar-refractivity contribution in [2.75, 3.05) is 12.3 Å². The number of nitriles is 1. The Labute approximate surface area is 173 Å². The number of pyridine rings is 1. The Hall–Kier alpha value is -3.11. The number of anilines is 1. The highest BCUT2D eigenvalue weighted by Gasteiger charge is 2.30. The molecule has 0 aliphatic carbocycles. The van der Waals surface area contributed by atoms with Crippen LogP contribution >= 0.6 is 11.6 Å². The summed E-state index contributed by atoms with van der Waals surface area (Å²) in [5.74, 6) is 0.138. The third kappa shape index (κ3) is 3.00. The van der Waals surface area contributed by atoms with Gasteiger partial charge in [-0.25, -0.2) is 4.98 Å². The molecule has 1 aromatic carbocycles. The number of halogens is 1. The molecule has 0 radical (unpaired) electrons. The summed E-state index contributed by atoms with van der Waals surface area (Å²) in [4.78, 5) is 18.9. The molecule has 148 valence electrons. The van der Waals surface area contributed by atoms with Gasteiger partial charge in [-0.2, -0.15) is 10.4 Å². The fraction of sp³-hybridized carbons (Fsp3) is 0.333. The predicted molar refractivity (Wildman–Crippen MR) is 112 cm³/mol. The molecule has 4 rings (SSSR count). The van der Waals surface area contributed by atoms with Gasteiger partial charge in [-0.3, -0.25) is 9.48 Å². The van der Waals surface area contributed by atoms with E-state index in [1.54, 1.807) is 10.7 Å². The van der Waals surface area contributed by atoms with Gasteiger partial charge in [-0.15, -0.1) is 0 Å². The minimum atomic E-state index is -0.109. The first-order valence-corrected chi connectivity index (χ1v) is 9.83. The topological polar surface area (TPSA) is 101 Å². The van der Waals surface area contributed by atoms with Crippen molar-refractivity contribution >= 4 is 34.2 Å². The molecule has 1 aliphatic rings. The second-order valence-corrected chi connectivity index (χ2v) is 7.96. The monoisotopic (exact) mass is 408 g/mol. The molecule has 3 heterocycles. The van der Waals surface area contributed by atoms with Gasteiger partial charge in [0, 0.05) is 49.0 Å². The number of aryl methyl sites for hydroxylation is 1. The molecule has 8 heteroatoms. The first-order valence-electron chi connectivity index (χ1n) is 9.45. The Balaban J connectivity index is 2.02. The molecule has 0 atom stereocenters. The minimum absolute atomic E-state index is 0.0702. The van der Waals surface area contributed by atoms with Crippen LogP contribution in [-0.2, 0) is 24.8 Å². The van der Waals surface area contributed by atoms with Gasteiger partial charge in [-0.05, 0) is 12.1 Å². The summed E-state index contributed by atoms with van der Waals surface area (Å²) in [5.41, 5.74) is 10.1. The van der Waals surface area contributed by atoms with Crippen LogP contribution in [0.1, 0.15) is 30.7 Å². The zero-order chi connectivity index (χ0) is 20.9. The minimum Gasteiger partial charge on any atom is -0.383 e. The van der Waals surface area contributed by atoms with E-state index in [9.17, 15) is 10.1 Å². The Morgan fingerprint density at radius 3 is 2.83 bits per heavy atom. The number of carbonyl (C=O) groups is 1. The van der Waals surface area contributed by atoms with Gasteiger partial charge < -0.3 is 10.6 Å². The lowest BCUT2D eigenvalue weighted by Gasteiger charge is -2.31. The summed E-state index contributed by atoms with van der Waals surface area (Å²) >= 11 is 6.52. The molecular formula is C21H21ClN6O. The van der Waals surface area contributed by atoms with E-state index in [-0.39, 0.29) is 23.2 Å². The van der Waals surface area contributed by atoms with Gasteiger partial charge in [0.05, 0.1) is 16.2 Å². The Morgan fingerprint density at radius 2 is 2.14 bits per heavy atom. The van der Waals surface area contributed by atoms with Crippen LogP contribution in [-0.4, -0.2) is 32.1 Å². The van der Waals surface area contributed by atoms with Crippen LogP contribution in [0.5, 0.6) is 0 Å². The zero-order valence-corrected chi connectivity index (χ0v) is 17.3. The number of amides is 1. The van der Waals surface area contributed by atoms with Crippen LogP contribution in [0.3, 0.4) is 0 Å². The Morgan fingerprint density at radius 1 is 1.38 bits per heavy atom. The summed E-state index contributed by atoms with van der Waals surface area (Å²) < 4.78 is 1.74. The van der Waals surface area contributed by atoms with E-state index in [1.807, 2.05) is 37.9 Å². The maximum absolute atomic E-state index is 12.6. The van der Waals surface area contributed by atoms with E-state index < -0.39 is 0 Å². The molecule has 7 nitrogen and oxygen atoms in total. The van der Waals surface area contributed by atoms with Crippen LogP contribution in [0.2, 0.25) is 5.02 Å². The molecule has 1 amide bonds. The highest BCUT2D eigenvalue weighted by atomic mass is 35.5. The van der Waals surface area contributed by atoms with E-state index in [4.69, 9.17) is 17.3 Å². The molecule has 29 heavy (non-hydrogen) atoms. The number of nitrogens with two attached hydrogens (primary N) is 1. The number of carbonyl (C=O) groups excluding carboxylic acids is 1. The number of hydrogen-bond donors (Lipinski definition) is 1. The van der Waals surface area contributed by atoms with Gasteiger partial charge in [0.15, 0.2) is 0 Å². The maximum atomic E-state index is 12.6. The first kappa shape index (κ1) is 19.2. The van der Waals surface area contributed by atoms with Gasteiger partial charge in [0.25, 0.3) is 0 Å². The van der Waals surface area contributed by atoms with Crippen LogP contribution < -0.4 is 5.73 Å². The number of hydrogen-bond acceptors (Lipinski definition) is 5. The number of benzene rings is 1. The third-order valence-corrected chi connectivity index (χ3v) is 5.68.